The Morgan fingerprint density at radius 1 is 1.30 bits per heavy atom. The first-order chi connectivity index (χ1) is 10.8. The fourth-order valence-corrected chi connectivity index (χ4v) is 3.07. The Labute approximate surface area is 141 Å². The summed E-state index contributed by atoms with van der Waals surface area (Å²) in [7, 11) is 0. The van der Waals surface area contributed by atoms with E-state index >= 15 is 0 Å². The number of hydrogen-bond donors (Lipinski definition) is 2. The predicted molar refractivity (Wildman–Crippen MR) is 89.6 cm³/mol. The molecule has 2 rings (SSSR count). The number of aromatic nitrogens is 2. The van der Waals surface area contributed by atoms with E-state index in [0.717, 1.165) is 37.5 Å². The molecule has 0 atom stereocenters. The minimum Gasteiger partial charge on any atom is -0.351 e. The van der Waals surface area contributed by atoms with E-state index in [1.165, 1.54) is 0 Å². The maximum atomic E-state index is 12.1. The lowest BCUT2D eigenvalue weighted by Gasteiger charge is -2.34. The van der Waals surface area contributed by atoms with E-state index in [1.54, 1.807) is 6.92 Å². The zero-order valence-electron chi connectivity index (χ0n) is 14.2. The first kappa shape index (κ1) is 17.7. The largest absolute Gasteiger partial charge is 0.351 e. The first-order valence-corrected chi connectivity index (χ1v) is 8.68. The van der Waals surface area contributed by atoms with E-state index in [4.69, 9.17) is 0 Å². The highest BCUT2D eigenvalue weighted by molar-refractivity contribution is 7.07. The summed E-state index contributed by atoms with van der Waals surface area (Å²) in [6, 6.07) is -0.00801. The lowest BCUT2D eigenvalue weighted by atomic mass is 9.97. The summed E-state index contributed by atoms with van der Waals surface area (Å²) in [6.07, 6.45) is 1.80. The summed E-state index contributed by atoms with van der Waals surface area (Å²) in [6.45, 7) is 9.79. The number of amides is 3. The molecule has 1 aromatic heterocycles. The van der Waals surface area contributed by atoms with Crippen LogP contribution < -0.4 is 10.6 Å². The molecule has 1 aliphatic heterocycles. The molecule has 0 aliphatic carbocycles. The molecule has 7 nitrogen and oxygen atoms in total. The minimum atomic E-state index is -0.220. The number of nitrogens with one attached hydrogen (secondary N) is 2. The van der Waals surface area contributed by atoms with E-state index in [-0.39, 0.29) is 17.5 Å². The number of carbonyl (C=O) groups excluding carboxylic acids is 2. The van der Waals surface area contributed by atoms with Gasteiger partial charge in [-0.2, -0.15) is 0 Å². The number of piperidine rings is 1. The number of nitrogens with zero attached hydrogens (tertiary/aromatic N) is 3. The van der Waals surface area contributed by atoms with E-state index in [1.807, 2.05) is 25.7 Å². The quantitative estimate of drug-likeness (QED) is 0.879. The molecule has 1 aromatic rings. The van der Waals surface area contributed by atoms with Crippen molar-refractivity contribution in [3.05, 3.63) is 10.6 Å². The van der Waals surface area contributed by atoms with Crippen molar-refractivity contribution in [2.24, 2.45) is 5.92 Å². The van der Waals surface area contributed by atoms with Crippen molar-refractivity contribution >= 4 is 23.5 Å². The molecule has 1 saturated heterocycles. The molecule has 2 N–H and O–H groups in total. The van der Waals surface area contributed by atoms with Crippen LogP contribution in [-0.4, -0.2) is 51.6 Å². The van der Waals surface area contributed by atoms with Crippen molar-refractivity contribution in [2.75, 3.05) is 19.6 Å². The number of hydrogen-bond acceptors (Lipinski definition) is 5. The van der Waals surface area contributed by atoms with Crippen molar-refractivity contribution in [1.29, 1.82) is 0 Å². The van der Waals surface area contributed by atoms with Gasteiger partial charge in [0.2, 0.25) is 0 Å². The van der Waals surface area contributed by atoms with Gasteiger partial charge >= 0.3 is 6.03 Å². The molecule has 0 radical (unpaired) electrons. The summed E-state index contributed by atoms with van der Waals surface area (Å²) in [5.41, 5.74) is 0.448. The van der Waals surface area contributed by atoms with Gasteiger partial charge in [0.25, 0.3) is 5.91 Å². The van der Waals surface area contributed by atoms with E-state index in [0.29, 0.717) is 23.0 Å². The number of carbonyl (C=O) groups is 2. The van der Waals surface area contributed by atoms with Crippen LogP contribution >= 0.6 is 11.5 Å². The molecule has 23 heavy (non-hydrogen) atoms. The lowest BCUT2D eigenvalue weighted by Crippen LogP contribution is -2.51. The molecule has 0 unspecified atom stereocenters. The van der Waals surface area contributed by atoms with Crippen molar-refractivity contribution in [3.8, 4) is 0 Å². The molecular formula is C15H25N5O2S. The second kappa shape index (κ2) is 7.25. The third kappa shape index (κ3) is 5.16. The highest BCUT2D eigenvalue weighted by Crippen LogP contribution is 2.17. The average molecular weight is 339 g/mol. The van der Waals surface area contributed by atoms with Gasteiger partial charge in [0.1, 0.15) is 4.88 Å². The fraction of sp³-hybridized carbons (Fsp3) is 0.733. The topological polar surface area (TPSA) is 87.2 Å². The molecule has 0 aromatic carbocycles. The van der Waals surface area contributed by atoms with Crippen molar-refractivity contribution < 1.29 is 9.59 Å². The van der Waals surface area contributed by atoms with Gasteiger partial charge in [0.05, 0.1) is 5.69 Å². The Bertz CT molecular complexity index is 558. The Kier molecular flexibility index (Phi) is 5.56. The molecule has 3 amide bonds. The van der Waals surface area contributed by atoms with Gasteiger partial charge in [-0.05, 0) is 58.0 Å². The van der Waals surface area contributed by atoms with Crippen LogP contribution in [-0.2, 0) is 0 Å². The van der Waals surface area contributed by atoms with Crippen LogP contribution in [0.15, 0.2) is 0 Å². The third-order valence-electron chi connectivity index (χ3n) is 3.79. The van der Waals surface area contributed by atoms with Crippen molar-refractivity contribution in [2.45, 2.75) is 46.1 Å². The second-order valence-corrected chi connectivity index (χ2v) is 7.76. The van der Waals surface area contributed by atoms with E-state index in [9.17, 15) is 9.59 Å². The molecule has 1 aliphatic rings. The Balaban J connectivity index is 1.74. The van der Waals surface area contributed by atoms with Gasteiger partial charge in [0.15, 0.2) is 0 Å². The summed E-state index contributed by atoms with van der Waals surface area (Å²) in [5, 5.41) is 9.78. The average Bonchev–Trinajstić information content (AvgIpc) is 2.90. The number of rotatable bonds is 3. The minimum absolute atomic E-state index is 0.00801. The van der Waals surface area contributed by atoms with Gasteiger partial charge in [-0.1, -0.05) is 4.49 Å². The van der Waals surface area contributed by atoms with Crippen LogP contribution in [0.1, 0.15) is 49.0 Å². The van der Waals surface area contributed by atoms with Crippen molar-refractivity contribution in [1.82, 2.24) is 25.1 Å². The van der Waals surface area contributed by atoms with E-state index in [2.05, 4.69) is 20.2 Å². The molecule has 128 valence electrons. The second-order valence-electron chi connectivity index (χ2n) is 7.01. The lowest BCUT2D eigenvalue weighted by molar-refractivity contribution is 0.0940. The number of urea groups is 1. The zero-order valence-corrected chi connectivity index (χ0v) is 15.0. The van der Waals surface area contributed by atoms with Crippen LogP contribution in [0.3, 0.4) is 0 Å². The Hall–Kier alpha value is -1.70. The summed E-state index contributed by atoms with van der Waals surface area (Å²) in [5.74, 6) is 0.296. The molecule has 0 bridgehead atoms. The SMILES string of the molecule is Cc1nnsc1C(=O)NCC1CCN(C(=O)NC(C)(C)C)CC1. The van der Waals surface area contributed by atoms with Crippen LogP contribution in [0.25, 0.3) is 0 Å². The number of aryl methyl sites for hydroxylation is 1. The van der Waals surface area contributed by atoms with Crippen molar-refractivity contribution in [3.63, 3.8) is 0 Å². The smallest absolute Gasteiger partial charge is 0.317 e. The third-order valence-corrected chi connectivity index (χ3v) is 4.62. The van der Waals surface area contributed by atoms with Crippen LogP contribution in [0.4, 0.5) is 4.79 Å². The maximum Gasteiger partial charge on any atom is 0.317 e. The molecule has 8 heteroatoms. The molecular weight excluding hydrogens is 314 g/mol. The summed E-state index contributed by atoms with van der Waals surface area (Å²) < 4.78 is 3.78. The zero-order chi connectivity index (χ0) is 17.0. The van der Waals surface area contributed by atoms with Gasteiger partial charge in [0, 0.05) is 25.2 Å². The molecule has 0 spiro atoms. The highest BCUT2D eigenvalue weighted by Gasteiger charge is 2.25. The fourth-order valence-electron chi connectivity index (χ4n) is 2.50. The highest BCUT2D eigenvalue weighted by atomic mass is 32.1. The van der Waals surface area contributed by atoms with Gasteiger partial charge in [-0.15, -0.1) is 5.10 Å². The molecule has 2 heterocycles. The Morgan fingerprint density at radius 2 is 1.96 bits per heavy atom. The summed E-state index contributed by atoms with van der Waals surface area (Å²) >= 11 is 1.12. The standard InChI is InChI=1S/C15H25N5O2S/c1-10-12(23-19-18-10)13(21)16-9-11-5-7-20(8-6-11)14(22)17-15(2,3)4/h11H,5-9H2,1-4H3,(H,16,21)(H,17,22). The normalized spacial score (nSPS) is 16.3. The van der Waals surface area contributed by atoms with Crippen LogP contribution in [0.5, 0.6) is 0 Å². The van der Waals surface area contributed by atoms with Crippen LogP contribution in [0, 0.1) is 12.8 Å². The predicted octanol–water partition coefficient (Wildman–Crippen LogP) is 1.80. The van der Waals surface area contributed by atoms with Gasteiger partial charge in [-0.25, -0.2) is 4.79 Å². The first-order valence-electron chi connectivity index (χ1n) is 7.90. The Morgan fingerprint density at radius 3 is 2.48 bits per heavy atom. The molecule has 1 fully saturated rings. The monoisotopic (exact) mass is 339 g/mol. The van der Waals surface area contributed by atoms with Gasteiger partial charge in [-0.3, -0.25) is 4.79 Å². The molecule has 0 saturated carbocycles. The maximum absolute atomic E-state index is 12.1. The van der Waals surface area contributed by atoms with Gasteiger partial charge < -0.3 is 15.5 Å². The number of likely N-dealkylation sites (tertiary alicyclic amines) is 1. The summed E-state index contributed by atoms with van der Waals surface area (Å²) in [4.78, 5) is 26.6. The van der Waals surface area contributed by atoms with Crippen LogP contribution in [0.2, 0.25) is 0 Å². The van der Waals surface area contributed by atoms with E-state index < -0.39 is 0 Å².